The molecule has 1 fully saturated rings. The van der Waals surface area contributed by atoms with Crippen LogP contribution in [0.4, 0.5) is 0 Å². The predicted molar refractivity (Wildman–Crippen MR) is 70.9 cm³/mol. The van der Waals surface area contributed by atoms with Crippen molar-refractivity contribution in [3.8, 4) is 0 Å². The SMILES string of the molecule is Cc1ccc([C@]2(O)C[C@H](C)N(C)C[C@@H]2C)cc1. The van der Waals surface area contributed by atoms with E-state index < -0.39 is 5.60 Å². The fraction of sp³-hybridized carbons (Fsp3) is 0.600. The zero-order valence-electron chi connectivity index (χ0n) is 11.3. The molecule has 1 aliphatic heterocycles. The number of hydrogen-bond donors (Lipinski definition) is 1. The van der Waals surface area contributed by atoms with Crippen LogP contribution in [-0.4, -0.2) is 29.6 Å². The summed E-state index contributed by atoms with van der Waals surface area (Å²) < 4.78 is 0. The third-order valence-corrected chi connectivity index (χ3v) is 4.29. The number of rotatable bonds is 1. The third-order valence-electron chi connectivity index (χ3n) is 4.29. The first-order chi connectivity index (χ1) is 7.93. The largest absolute Gasteiger partial charge is 0.385 e. The molecule has 0 aliphatic carbocycles. The third kappa shape index (κ3) is 2.24. The Morgan fingerprint density at radius 1 is 1.24 bits per heavy atom. The molecule has 0 unspecified atom stereocenters. The molecule has 0 aromatic heterocycles. The van der Waals surface area contributed by atoms with E-state index in [9.17, 15) is 5.11 Å². The second kappa shape index (κ2) is 4.43. The van der Waals surface area contributed by atoms with Gasteiger partial charge in [-0.1, -0.05) is 36.8 Å². The molecule has 1 aromatic carbocycles. The van der Waals surface area contributed by atoms with Gasteiger partial charge in [0.25, 0.3) is 0 Å². The molecule has 2 rings (SSSR count). The summed E-state index contributed by atoms with van der Waals surface area (Å²) >= 11 is 0. The predicted octanol–water partition coefficient (Wildman–Crippen LogP) is 2.54. The van der Waals surface area contributed by atoms with Gasteiger partial charge in [-0.2, -0.15) is 0 Å². The van der Waals surface area contributed by atoms with Crippen molar-refractivity contribution in [2.75, 3.05) is 13.6 Å². The van der Waals surface area contributed by atoms with Gasteiger partial charge >= 0.3 is 0 Å². The Labute approximate surface area is 104 Å². The molecular weight excluding hydrogens is 210 g/mol. The van der Waals surface area contributed by atoms with Crippen LogP contribution in [0.2, 0.25) is 0 Å². The Hall–Kier alpha value is -0.860. The van der Waals surface area contributed by atoms with Gasteiger partial charge in [-0.25, -0.2) is 0 Å². The van der Waals surface area contributed by atoms with Crippen molar-refractivity contribution >= 4 is 0 Å². The van der Waals surface area contributed by atoms with E-state index in [4.69, 9.17) is 0 Å². The Bertz CT molecular complexity index is 386. The van der Waals surface area contributed by atoms with E-state index >= 15 is 0 Å². The summed E-state index contributed by atoms with van der Waals surface area (Å²) in [5.41, 5.74) is 1.64. The number of piperidine rings is 1. The molecule has 2 heteroatoms. The van der Waals surface area contributed by atoms with Crippen LogP contribution in [0.3, 0.4) is 0 Å². The molecule has 1 N–H and O–H groups in total. The number of likely N-dealkylation sites (tertiary alicyclic amines) is 1. The van der Waals surface area contributed by atoms with Gasteiger partial charge in [0, 0.05) is 18.5 Å². The quantitative estimate of drug-likeness (QED) is 0.806. The standard InChI is InChI=1S/C15H23NO/c1-11-5-7-14(8-6-11)15(17)9-13(3)16(4)10-12(15)2/h5-8,12-13,17H,9-10H2,1-4H3/t12-,13-,15-/m0/s1. The van der Waals surface area contributed by atoms with Gasteiger partial charge in [-0.3, -0.25) is 0 Å². The van der Waals surface area contributed by atoms with Crippen molar-refractivity contribution in [1.29, 1.82) is 0 Å². The Morgan fingerprint density at radius 2 is 1.82 bits per heavy atom. The molecular formula is C15H23NO. The zero-order valence-corrected chi connectivity index (χ0v) is 11.3. The summed E-state index contributed by atoms with van der Waals surface area (Å²) in [6.45, 7) is 7.35. The molecule has 0 bridgehead atoms. The lowest BCUT2D eigenvalue weighted by Gasteiger charge is -2.46. The van der Waals surface area contributed by atoms with Crippen LogP contribution in [0.5, 0.6) is 0 Å². The summed E-state index contributed by atoms with van der Waals surface area (Å²) in [6, 6.07) is 8.75. The molecule has 0 radical (unpaired) electrons. The van der Waals surface area contributed by atoms with E-state index in [1.54, 1.807) is 0 Å². The highest BCUT2D eigenvalue weighted by molar-refractivity contribution is 5.28. The first-order valence-electron chi connectivity index (χ1n) is 6.43. The minimum Gasteiger partial charge on any atom is -0.385 e. The van der Waals surface area contributed by atoms with Gasteiger partial charge < -0.3 is 10.0 Å². The summed E-state index contributed by atoms with van der Waals surface area (Å²) in [5.74, 6) is 0.270. The van der Waals surface area contributed by atoms with Crippen molar-refractivity contribution in [3.63, 3.8) is 0 Å². The van der Waals surface area contributed by atoms with Gasteiger partial charge in [0.05, 0.1) is 5.60 Å². The second-order valence-corrected chi connectivity index (χ2v) is 5.68. The molecule has 1 aliphatic rings. The maximum Gasteiger partial charge on any atom is 0.0948 e. The molecule has 0 amide bonds. The average molecular weight is 233 g/mol. The summed E-state index contributed by atoms with van der Waals surface area (Å²) in [6.07, 6.45) is 0.813. The van der Waals surface area contributed by atoms with Gasteiger partial charge in [0.15, 0.2) is 0 Å². The molecule has 0 saturated carbocycles. The smallest absolute Gasteiger partial charge is 0.0948 e. The molecule has 0 spiro atoms. The molecule has 3 atom stereocenters. The molecule has 94 valence electrons. The maximum atomic E-state index is 11.0. The van der Waals surface area contributed by atoms with Crippen molar-refractivity contribution in [2.24, 2.45) is 5.92 Å². The summed E-state index contributed by atoms with van der Waals surface area (Å²) in [4.78, 5) is 2.33. The lowest BCUT2D eigenvalue weighted by atomic mass is 9.74. The molecule has 1 saturated heterocycles. The number of hydrogen-bond acceptors (Lipinski definition) is 2. The molecule has 2 nitrogen and oxygen atoms in total. The highest BCUT2D eigenvalue weighted by atomic mass is 16.3. The zero-order chi connectivity index (χ0) is 12.6. The van der Waals surface area contributed by atoms with Crippen molar-refractivity contribution < 1.29 is 5.11 Å². The highest BCUT2D eigenvalue weighted by Gasteiger charge is 2.42. The normalized spacial score (nSPS) is 34.9. The van der Waals surface area contributed by atoms with Gasteiger partial charge in [0.1, 0.15) is 0 Å². The minimum atomic E-state index is -0.667. The van der Waals surface area contributed by atoms with E-state index in [0.29, 0.717) is 6.04 Å². The van der Waals surface area contributed by atoms with Crippen molar-refractivity contribution in [2.45, 2.75) is 38.8 Å². The fourth-order valence-corrected chi connectivity index (χ4v) is 2.81. The van der Waals surface area contributed by atoms with Crippen LogP contribution in [0.15, 0.2) is 24.3 Å². The fourth-order valence-electron chi connectivity index (χ4n) is 2.81. The van der Waals surface area contributed by atoms with Crippen LogP contribution >= 0.6 is 0 Å². The van der Waals surface area contributed by atoms with Gasteiger partial charge in [-0.05, 0) is 32.9 Å². The Morgan fingerprint density at radius 3 is 2.41 bits per heavy atom. The van der Waals surface area contributed by atoms with E-state index in [1.807, 2.05) is 0 Å². The average Bonchev–Trinajstić information content (AvgIpc) is 2.27. The maximum absolute atomic E-state index is 11.0. The van der Waals surface area contributed by atoms with Gasteiger partial charge in [-0.15, -0.1) is 0 Å². The number of aliphatic hydroxyl groups is 1. The highest BCUT2D eigenvalue weighted by Crippen LogP contribution is 2.39. The second-order valence-electron chi connectivity index (χ2n) is 5.68. The van der Waals surface area contributed by atoms with Crippen molar-refractivity contribution in [1.82, 2.24) is 4.90 Å². The van der Waals surface area contributed by atoms with Crippen LogP contribution in [0.1, 0.15) is 31.4 Å². The first-order valence-corrected chi connectivity index (χ1v) is 6.43. The lowest BCUT2D eigenvalue weighted by molar-refractivity contribution is -0.0843. The minimum absolute atomic E-state index is 0.270. The topological polar surface area (TPSA) is 23.5 Å². The van der Waals surface area contributed by atoms with E-state index in [1.165, 1.54) is 5.56 Å². The monoisotopic (exact) mass is 233 g/mol. The number of aryl methyl sites for hydroxylation is 1. The lowest BCUT2D eigenvalue weighted by Crippen LogP contribution is -2.51. The van der Waals surface area contributed by atoms with Crippen LogP contribution in [-0.2, 0) is 5.60 Å². The molecule has 17 heavy (non-hydrogen) atoms. The van der Waals surface area contributed by atoms with Crippen LogP contribution in [0.25, 0.3) is 0 Å². The van der Waals surface area contributed by atoms with E-state index in [2.05, 4.69) is 57.0 Å². The van der Waals surface area contributed by atoms with E-state index in [-0.39, 0.29) is 5.92 Å². The molecule has 1 aromatic rings. The van der Waals surface area contributed by atoms with Crippen LogP contribution < -0.4 is 0 Å². The molecule has 1 heterocycles. The van der Waals surface area contributed by atoms with Gasteiger partial charge in [0.2, 0.25) is 0 Å². The Balaban J connectivity index is 2.31. The van der Waals surface area contributed by atoms with Crippen molar-refractivity contribution in [3.05, 3.63) is 35.4 Å². The number of benzene rings is 1. The van der Waals surface area contributed by atoms with E-state index in [0.717, 1.165) is 18.5 Å². The summed E-state index contributed by atoms with van der Waals surface area (Å²) in [7, 11) is 2.13. The number of nitrogens with zero attached hydrogens (tertiary/aromatic N) is 1. The van der Waals surface area contributed by atoms with Crippen LogP contribution in [0, 0.1) is 12.8 Å². The summed E-state index contributed by atoms with van der Waals surface area (Å²) in [5, 5.41) is 11.0. The first kappa shape index (κ1) is 12.6. The Kier molecular flexibility index (Phi) is 3.28.